The molecule has 6 nitrogen and oxygen atoms in total. The zero-order valence-electron chi connectivity index (χ0n) is 17.7. The van der Waals surface area contributed by atoms with Crippen LogP contribution < -0.4 is 10.6 Å². The average Bonchev–Trinajstić information content (AvgIpc) is 3.69. The van der Waals surface area contributed by atoms with E-state index in [9.17, 15) is 14.7 Å². The van der Waals surface area contributed by atoms with E-state index in [4.69, 9.17) is 0 Å². The van der Waals surface area contributed by atoms with Crippen molar-refractivity contribution in [2.24, 2.45) is 0 Å². The number of carbonyl (C=O) groups is 2. The van der Waals surface area contributed by atoms with E-state index in [1.54, 1.807) is 32.3 Å². The van der Waals surface area contributed by atoms with Gasteiger partial charge in [-0.25, -0.2) is 0 Å². The summed E-state index contributed by atoms with van der Waals surface area (Å²) in [6.45, 7) is 0. The maximum Gasteiger partial charge on any atom is 0.257 e. The van der Waals surface area contributed by atoms with Crippen molar-refractivity contribution in [2.75, 3.05) is 19.4 Å². The van der Waals surface area contributed by atoms with Crippen LogP contribution in [0.15, 0.2) is 71.1 Å². The highest BCUT2D eigenvalue weighted by atomic mass is 16.3. The van der Waals surface area contributed by atoms with Gasteiger partial charge in [0.25, 0.3) is 5.91 Å². The Bertz CT molecular complexity index is 1150. The van der Waals surface area contributed by atoms with Gasteiger partial charge in [0.15, 0.2) is 5.75 Å². The SMILES string of the molecule is CN(C)C(=O)c1cccc(NC2=C(NC3(c4ccccc4)CC3)C(=C3CC3)C2=O)c1O. The lowest BCUT2D eigenvalue weighted by molar-refractivity contribution is -0.113. The summed E-state index contributed by atoms with van der Waals surface area (Å²) >= 11 is 0. The summed E-state index contributed by atoms with van der Waals surface area (Å²) in [4.78, 5) is 26.7. The third-order valence-corrected chi connectivity index (χ3v) is 6.18. The molecule has 2 aromatic rings. The van der Waals surface area contributed by atoms with Crippen molar-refractivity contribution in [3.8, 4) is 5.75 Å². The van der Waals surface area contributed by atoms with Crippen LogP contribution in [-0.4, -0.2) is 35.8 Å². The minimum Gasteiger partial charge on any atom is -0.505 e. The third-order valence-electron chi connectivity index (χ3n) is 6.18. The molecule has 0 aromatic heterocycles. The number of hydrogen-bond acceptors (Lipinski definition) is 5. The molecule has 0 saturated heterocycles. The zero-order chi connectivity index (χ0) is 21.8. The number of rotatable bonds is 6. The summed E-state index contributed by atoms with van der Waals surface area (Å²) < 4.78 is 0. The molecule has 6 heteroatoms. The van der Waals surface area contributed by atoms with Crippen molar-refractivity contribution < 1.29 is 14.7 Å². The Morgan fingerprint density at radius 1 is 1.00 bits per heavy atom. The van der Waals surface area contributed by atoms with Crippen LogP contribution >= 0.6 is 0 Å². The first-order chi connectivity index (χ1) is 14.9. The number of hydrogen-bond donors (Lipinski definition) is 3. The molecule has 3 aliphatic rings. The fourth-order valence-electron chi connectivity index (χ4n) is 4.11. The molecule has 5 rings (SSSR count). The highest BCUT2D eigenvalue weighted by Crippen LogP contribution is 2.50. The number of phenolic OH excluding ortho intramolecular Hbond substituents is 1. The molecule has 0 spiro atoms. The van der Waals surface area contributed by atoms with E-state index < -0.39 is 0 Å². The van der Waals surface area contributed by atoms with Crippen molar-refractivity contribution in [1.82, 2.24) is 10.2 Å². The Morgan fingerprint density at radius 3 is 2.32 bits per heavy atom. The van der Waals surface area contributed by atoms with E-state index in [1.807, 2.05) is 18.2 Å². The number of para-hydroxylation sites is 1. The molecule has 0 unspecified atom stereocenters. The van der Waals surface area contributed by atoms with Crippen LogP contribution in [0.3, 0.4) is 0 Å². The van der Waals surface area contributed by atoms with Gasteiger partial charge in [0.05, 0.1) is 22.5 Å². The Kier molecular flexibility index (Phi) is 4.39. The minimum absolute atomic E-state index is 0.0393. The fraction of sp³-hybridized carbons (Fsp3) is 0.280. The maximum atomic E-state index is 13.0. The molecule has 2 saturated carbocycles. The van der Waals surface area contributed by atoms with Gasteiger partial charge in [-0.05, 0) is 43.4 Å². The first kappa shape index (κ1) is 19.4. The van der Waals surface area contributed by atoms with E-state index in [0.29, 0.717) is 11.4 Å². The Hall–Kier alpha value is -3.54. The molecule has 2 aromatic carbocycles. The molecule has 31 heavy (non-hydrogen) atoms. The van der Waals surface area contributed by atoms with Crippen LogP contribution in [0.4, 0.5) is 5.69 Å². The van der Waals surface area contributed by atoms with Gasteiger partial charge >= 0.3 is 0 Å². The van der Waals surface area contributed by atoms with Crippen LogP contribution in [0, 0.1) is 0 Å². The molecular weight excluding hydrogens is 390 g/mol. The predicted octanol–water partition coefficient (Wildman–Crippen LogP) is 3.67. The highest BCUT2D eigenvalue weighted by Gasteiger charge is 2.49. The number of phenols is 1. The molecule has 3 aliphatic carbocycles. The maximum absolute atomic E-state index is 13.0. The number of allylic oxidation sites excluding steroid dienone is 3. The van der Waals surface area contributed by atoms with Crippen molar-refractivity contribution >= 4 is 17.4 Å². The zero-order valence-corrected chi connectivity index (χ0v) is 17.7. The predicted molar refractivity (Wildman–Crippen MR) is 119 cm³/mol. The largest absolute Gasteiger partial charge is 0.505 e. The molecule has 1 amide bonds. The summed E-state index contributed by atoms with van der Waals surface area (Å²) in [5, 5.41) is 17.4. The first-order valence-corrected chi connectivity index (χ1v) is 10.6. The normalized spacial score (nSPS) is 18.5. The smallest absolute Gasteiger partial charge is 0.257 e. The van der Waals surface area contributed by atoms with Crippen molar-refractivity contribution in [2.45, 2.75) is 31.2 Å². The molecule has 0 heterocycles. The van der Waals surface area contributed by atoms with Crippen LogP contribution in [-0.2, 0) is 10.3 Å². The van der Waals surface area contributed by atoms with Crippen LogP contribution in [0.25, 0.3) is 0 Å². The molecule has 0 atom stereocenters. The second-order valence-corrected chi connectivity index (χ2v) is 8.66. The quantitative estimate of drug-likeness (QED) is 0.495. The number of anilines is 1. The van der Waals surface area contributed by atoms with Gasteiger partial charge in [-0.3, -0.25) is 9.59 Å². The third kappa shape index (κ3) is 3.28. The molecule has 0 radical (unpaired) electrons. The number of Topliss-reactive ketones (excluding diaryl/α,β-unsaturated/α-hetero) is 1. The van der Waals surface area contributed by atoms with Gasteiger partial charge in [0, 0.05) is 19.7 Å². The van der Waals surface area contributed by atoms with Gasteiger partial charge in [0.2, 0.25) is 5.78 Å². The first-order valence-electron chi connectivity index (χ1n) is 10.6. The number of ketones is 1. The van der Waals surface area contributed by atoms with Gasteiger partial charge < -0.3 is 20.6 Å². The van der Waals surface area contributed by atoms with Crippen LogP contribution in [0.2, 0.25) is 0 Å². The molecule has 3 N–H and O–H groups in total. The summed E-state index contributed by atoms with van der Waals surface area (Å²) in [5.41, 5.74) is 4.83. The minimum atomic E-state index is -0.296. The standard InChI is InChI=1S/C25H25N3O3/c1-28(2)24(31)17-9-6-10-18(22(17)29)26-21-20(19(23(21)30)15-11-12-15)27-25(13-14-25)16-7-4-3-5-8-16/h3-10,26-27,29H,11-14H2,1-2H3. The van der Waals surface area contributed by atoms with Gasteiger partial charge in [-0.2, -0.15) is 0 Å². The summed E-state index contributed by atoms with van der Waals surface area (Å²) in [7, 11) is 3.27. The van der Waals surface area contributed by atoms with Crippen molar-refractivity contribution in [3.63, 3.8) is 0 Å². The molecular formula is C25H25N3O3. The van der Waals surface area contributed by atoms with Gasteiger partial charge in [-0.1, -0.05) is 42.0 Å². The second-order valence-electron chi connectivity index (χ2n) is 8.66. The summed E-state index contributed by atoms with van der Waals surface area (Å²) in [6.07, 6.45) is 3.91. The summed E-state index contributed by atoms with van der Waals surface area (Å²) in [6, 6.07) is 15.2. The average molecular weight is 415 g/mol. The van der Waals surface area contributed by atoms with E-state index in [1.165, 1.54) is 16.0 Å². The van der Waals surface area contributed by atoms with Gasteiger partial charge in [-0.15, -0.1) is 0 Å². The Labute approximate surface area is 181 Å². The number of nitrogens with zero attached hydrogens (tertiary/aromatic N) is 1. The number of nitrogens with one attached hydrogen (secondary N) is 2. The summed E-state index contributed by atoms with van der Waals surface area (Å²) in [5.74, 6) is -0.490. The number of carbonyl (C=O) groups excluding carboxylic acids is 2. The van der Waals surface area contributed by atoms with Gasteiger partial charge in [0.1, 0.15) is 5.70 Å². The topological polar surface area (TPSA) is 81.7 Å². The van der Waals surface area contributed by atoms with Crippen LogP contribution in [0.5, 0.6) is 5.75 Å². The van der Waals surface area contributed by atoms with Crippen LogP contribution in [0.1, 0.15) is 41.6 Å². The molecule has 158 valence electrons. The lowest BCUT2D eigenvalue weighted by Crippen LogP contribution is -2.40. The Morgan fingerprint density at radius 2 is 1.71 bits per heavy atom. The monoisotopic (exact) mass is 415 g/mol. The van der Waals surface area contributed by atoms with Crippen molar-refractivity contribution in [3.05, 3.63) is 82.2 Å². The number of benzene rings is 2. The van der Waals surface area contributed by atoms with Crippen molar-refractivity contribution in [1.29, 1.82) is 0 Å². The van der Waals surface area contributed by atoms with E-state index in [-0.39, 0.29) is 28.5 Å². The molecule has 0 aliphatic heterocycles. The lowest BCUT2D eigenvalue weighted by atomic mass is 9.88. The number of amides is 1. The lowest BCUT2D eigenvalue weighted by Gasteiger charge is -2.32. The fourth-order valence-corrected chi connectivity index (χ4v) is 4.11. The second kappa shape index (κ2) is 7.01. The Balaban J connectivity index is 1.50. The highest BCUT2D eigenvalue weighted by molar-refractivity contribution is 6.22. The van der Waals surface area contributed by atoms with E-state index in [0.717, 1.165) is 37.0 Å². The van der Waals surface area contributed by atoms with E-state index in [2.05, 4.69) is 22.8 Å². The molecule has 2 fully saturated rings. The molecule has 0 bridgehead atoms. The van der Waals surface area contributed by atoms with E-state index >= 15 is 0 Å². The number of aromatic hydroxyl groups is 1.